The lowest BCUT2D eigenvalue weighted by Gasteiger charge is -2.25. The molecule has 0 unspecified atom stereocenters. The lowest BCUT2D eigenvalue weighted by molar-refractivity contribution is 0.0599. The Morgan fingerprint density at radius 1 is 1.07 bits per heavy atom. The highest BCUT2D eigenvalue weighted by atomic mass is 16.3. The van der Waals surface area contributed by atoms with E-state index in [0.717, 1.165) is 11.1 Å². The normalized spacial score (nSPS) is 12.0. The predicted octanol–water partition coefficient (Wildman–Crippen LogP) is 2.50. The molecule has 140 valence electrons. The van der Waals surface area contributed by atoms with E-state index in [9.17, 15) is 9.90 Å². The van der Waals surface area contributed by atoms with Crippen molar-refractivity contribution in [1.82, 2.24) is 24.3 Å². The standard InChI is InChI=1S/C21H19N5O2/c27-19(17-5-2-1-3-6-17)15-26(13-16-7-10-22-11-8-16)20(28)18-14-25-12-4-9-23-21(25)24-18/h1-12,14,19,27H,13,15H2/t19-/m0/s1. The van der Waals surface area contributed by atoms with Crippen molar-refractivity contribution in [1.29, 1.82) is 0 Å². The van der Waals surface area contributed by atoms with Crippen LogP contribution < -0.4 is 0 Å². The number of carbonyl (C=O) groups excluding carboxylic acids is 1. The van der Waals surface area contributed by atoms with Crippen LogP contribution in [0.4, 0.5) is 0 Å². The van der Waals surface area contributed by atoms with Crippen LogP contribution in [0, 0.1) is 0 Å². The zero-order valence-corrected chi connectivity index (χ0v) is 15.1. The molecule has 1 N–H and O–H groups in total. The van der Waals surface area contributed by atoms with Crippen molar-refractivity contribution in [3.8, 4) is 0 Å². The Balaban J connectivity index is 1.62. The maximum atomic E-state index is 13.2. The van der Waals surface area contributed by atoms with Gasteiger partial charge in [0.2, 0.25) is 5.78 Å². The summed E-state index contributed by atoms with van der Waals surface area (Å²) in [5.41, 5.74) is 1.96. The van der Waals surface area contributed by atoms with Crippen molar-refractivity contribution in [3.63, 3.8) is 0 Å². The molecule has 0 aliphatic heterocycles. The van der Waals surface area contributed by atoms with Crippen LogP contribution in [0.1, 0.15) is 27.7 Å². The summed E-state index contributed by atoms with van der Waals surface area (Å²) in [5, 5.41) is 10.7. The van der Waals surface area contributed by atoms with E-state index in [0.29, 0.717) is 12.3 Å². The van der Waals surface area contributed by atoms with Crippen molar-refractivity contribution in [2.24, 2.45) is 0 Å². The molecule has 0 fully saturated rings. The molecule has 4 aromatic rings. The second kappa shape index (κ2) is 7.98. The van der Waals surface area contributed by atoms with Crippen molar-refractivity contribution in [3.05, 3.63) is 96.3 Å². The molecule has 7 nitrogen and oxygen atoms in total. The van der Waals surface area contributed by atoms with Gasteiger partial charge >= 0.3 is 0 Å². The number of carbonyl (C=O) groups is 1. The average Bonchev–Trinajstić information content (AvgIpc) is 3.18. The minimum absolute atomic E-state index is 0.145. The number of benzene rings is 1. The summed E-state index contributed by atoms with van der Waals surface area (Å²) in [6, 6.07) is 14.8. The summed E-state index contributed by atoms with van der Waals surface area (Å²) >= 11 is 0. The van der Waals surface area contributed by atoms with Crippen LogP contribution in [-0.2, 0) is 6.54 Å². The quantitative estimate of drug-likeness (QED) is 0.561. The molecule has 1 atom stereocenters. The van der Waals surface area contributed by atoms with Gasteiger partial charge in [0.1, 0.15) is 5.69 Å². The Kier molecular flexibility index (Phi) is 5.07. The number of amides is 1. The van der Waals surface area contributed by atoms with Gasteiger partial charge in [0.05, 0.1) is 12.6 Å². The van der Waals surface area contributed by atoms with Crippen LogP contribution in [-0.4, -0.2) is 41.8 Å². The first-order valence-corrected chi connectivity index (χ1v) is 8.91. The number of imidazole rings is 1. The molecule has 0 saturated carbocycles. The molecule has 0 spiro atoms. The second-order valence-electron chi connectivity index (χ2n) is 6.42. The lowest BCUT2D eigenvalue weighted by atomic mass is 10.1. The Morgan fingerprint density at radius 3 is 2.61 bits per heavy atom. The van der Waals surface area contributed by atoms with Gasteiger partial charge in [-0.05, 0) is 29.3 Å². The van der Waals surface area contributed by atoms with Gasteiger partial charge in [0.25, 0.3) is 5.91 Å². The van der Waals surface area contributed by atoms with E-state index >= 15 is 0 Å². The van der Waals surface area contributed by atoms with Crippen LogP contribution in [0.3, 0.4) is 0 Å². The summed E-state index contributed by atoms with van der Waals surface area (Å²) < 4.78 is 1.70. The molecule has 3 aromatic heterocycles. The number of aromatic nitrogens is 4. The fourth-order valence-electron chi connectivity index (χ4n) is 3.01. The first-order chi connectivity index (χ1) is 13.7. The highest BCUT2D eigenvalue weighted by Gasteiger charge is 2.23. The average molecular weight is 373 g/mol. The number of pyridine rings is 1. The van der Waals surface area contributed by atoms with Gasteiger partial charge in [-0.2, -0.15) is 0 Å². The largest absolute Gasteiger partial charge is 0.387 e. The Morgan fingerprint density at radius 2 is 1.86 bits per heavy atom. The molecule has 28 heavy (non-hydrogen) atoms. The molecule has 3 heterocycles. The van der Waals surface area contributed by atoms with E-state index in [1.165, 1.54) is 0 Å². The van der Waals surface area contributed by atoms with Crippen LogP contribution in [0.2, 0.25) is 0 Å². The Hall–Kier alpha value is -3.58. The zero-order valence-electron chi connectivity index (χ0n) is 15.1. The number of rotatable bonds is 6. The van der Waals surface area contributed by atoms with Crippen LogP contribution >= 0.6 is 0 Å². The van der Waals surface area contributed by atoms with Crippen LogP contribution in [0.5, 0.6) is 0 Å². The number of aliphatic hydroxyl groups is 1. The first-order valence-electron chi connectivity index (χ1n) is 8.91. The monoisotopic (exact) mass is 373 g/mol. The summed E-state index contributed by atoms with van der Waals surface area (Å²) in [6.07, 6.45) is 7.63. The van der Waals surface area contributed by atoms with Gasteiger partial charge in [0.15, 0.2) is 0 Å². The molecule has 0 bridgehead atoms. The third kappa shape index (κ3) is 3.89. The van der Waals surface area contributed by atoms with E-state index in [4.69, 9.17) is 0 Å². The number of fused-ring (bicyclic) bond motifs is 1. The van der Waals surface area contributed by atoms with Crippen LogP contribution in [0.25, 0.3) is 5.78 Å². The van der Waals surface area contributed by atoms with Gasteiger partial charge in [0, 0.05) is 37.5 Å². The van der Waals surface area contributed by atoms with E-state index in [1.807, 2.05) is 42.5 Å². The first kappa shape index (κ1) is 17.8. The molecule has 7 heteroatoms. The maximum absolute atomic E-state index is 13.2. The van der Waals surface area contributed by atoms with Crippen molar-refractivity contribution in [2.75, 3.05) is 6.54 Å². The molecule has 1 amide bonds. The van der Waals surface area contributed by atoms with Gasteiger partial charge in [-0.1, -0.05) is 30.3 Å². The highest BCUT2D eigenvalue weighted by Crippen LogP contribution is 2.17. The molecule has 1 aromatic carbocycles. The molecule has 0 aliphatic carbocycles. The summed E-state index contributed by atoms with van der Waals surface area (Å²) in [5.74, 6) is 0.190. The number of nitrogens with zero attached hydrogens (tertiary/aromatic N) is 5. The Bertz CT molecular complexity index is 1030. The van der Waals surface area contributed by atoms with E-state index in [1.54, 1.807) is 46.4 Å². The van der Waals surface area contributed by atoms with Gasteiger partial charge < -0.3 is 10.0 Å². The molecule has 0 aliphatic rings. The topological polar surface area (TPSA) is 83.6 Å². The summed E-state index contributed by atoms with van der Waals surface area (Å²) in [6.45, 7) is 0.485. The fraction of sp³-hybridized carbons (Fsp3) is 0.143. The van der Waals surface area contributed by atoms with Crippen LogP contribution in [0.15, 0.2) is 79.5 Å². The molecular formula is C21H19N5O2. The third-order valence-corrected chi connectivity index (χ3v) is 4.44. The predicted molar refractivity (Wildman–Crippen MR) is 103 cm³/mol. The van der Waals surface area contributed by atoms with Crippen molar-refractivity contribution in [2.45, 2.75) is 12.6 Å². The molecular weight excluding hydrogens is 354 g/mol. The van der Waals surface area contributed by atoms with Gasteiger partial charge in [-0.25, -0.2) is 9.97 Å². The third-order valence-electron chi connectivity index (χ3n) is 4.44. The SMILES string of the molecule is O=C(c1cn2cccnc2n1)N(Cc1ccncc1)C[C@H](O)c1ccccc1. The van der Waals surface area contributed by atoms with E-state index in [2.05, 4.69) is 15.0 Å². The number of hydrogen-bond donors (Lipinski definition) is 1. The van der Waals surface area contributed by atoms with Gasteiger partial charge in [-0.3, -0.25) is 14.2 Å². The Labute approximate surface area is 161 Å². The smallest absolute Gasteiger partial charge is 0.274 e. The summed E-state index contributed by atoms with van der Waals surface area (Å²) in [7, 11) is 0. The van der Waals surface area contributed by atoms with Crippen molar-refractivity contribution < 1.29 is 9.90 Å². The highest BCUT2D eigenvalue weighted by molar-refractivity contribution is 5.92. The minimum atomic E-state index is -0.804. The van der Waals surface area contributed by atoms with E-state index in [-0.39, 0.29) is 18.1 Å². The molecule has 4 rings (SSSR count). The maximum Gasteiger partial charge on any atom is 0.274 e. The van der Waals surface area contributed by atoms with Crippen molar-refractivity contribution >= 4 is 11.7 Å². The number of hydrogen-bond acceptors (Lipinski definition) is 5. The zero-order chi connectivity index (χ0) is 19.3. The second-order valence-corrected chi connectivity index (χ2v) is 6.42. The molecule has 0 radical (unpaired) electrons. The fourth-order valence-corrected chi connectivity index (χ4v) is 3.01. The molecule has 0 saturated heterocycles. The summed E-state index contributed by atoms with van der Waals surface area (Å²) in [4.78, 5) is 27.3. The van der Waals surface area contributed by atoms with E-state index < -0.39 is 6.10 Å². The van der Waals surface area contributed by atoms with Gasteiger partial charge in [-0.15, -0.1) is 0 Å². The lowest BCUT2D eigenvalue weighted by Crippen LogP contribution is -2.34. The minimum Gasteiger partial charge on any atom is -0.387 e. The number of aliphatic hydroxyl groups excluding tert-OH is 1.